The van der Waals surface area contributed by atoms with Gasteiger partial charge >= 0.3 is 6.03 Å². The van der Waals surface area contributed by atoms with E-state index in [0.717, 1.165) is 28.1 Å². The molecule has 6 heteroatoms. The van der Waals surface area contributed by atoms with E-state index in [1.807, 2.05) is 80.6 Å². The van der Waals surface area contributed by atoms with E-state index in [2.05, 4.69) is 20.6 Å². The maximum Gasteiger partial charge on any atom is 0.315 e. The maximum absolute atomic E-state index is 12.3. The molecule has 0 radical (unpaired) electrons. The summed E-state index contributed by atoms with van der Waals surface area (Å²) in [6, 6.07) is 15.6. The molecule has 2 amide bonds. The van der Waals surface area contributed by atoms with Crippen LogP contribution in [0.15, 0.2) is 67.1 Å². The van der Waals surface area contributed by atoms with Gasteiger partial charge in [0.2, 0.25) is 0 Å². The van der Waals surface area contributed by atoms with Crippen molar-refractivity contribution in [1.82, 2.24) is 20.6 Å². The fourth-order valence-electron chi connectivity index (χ4n) is 2.83. The van der Waals surface area contributed by atoms with Gasteiger partial charge in [-0.2, -0.15) is 0 Å². The number of benzene rings is 1. The molecule has 0 saturated heterocycles. The monoisotopic (exact) mass is 375 g/mol. The molecule has 1 aromatic carbocycles. The third-order valence-electron chi connectivity index (χ3n) is 4.47. The summed E-state index contributed by atoms with van der Waals surface area (Å²) in [7, 11) is 3.88. The molecule has 0 fully saturated rings. The van der Waals surface area contributed by atoms with Crippen molar-refractivity contribution < 1.29 is 4.79 Å². The molecule has 144 valence electrons. The lowest BCUT2D eigenvalue weighted by molar-refractivity contribution is 0.237. The average molecular weight is 375 g/mol. The molecule has 1 atom stereocenters. The zero-order valence-electron chi connectivity index (χ0n) is 16.4. The fourth-order valence-corrected chi connectivity index (χ4v) is 2.83. The zero-order valence-corrected chi connectivity index (χ0v) is 16.4. The van der Waals surface area contributed by atoms with Crippen molar-refractivity contribution in [3.63, 3.8) is 0 Å². The highest BCUT2D eigenvalue weighted by Gasteiger charge is 2.10. The first-order valence-electron chi connectivity index (χ1n) is 9.20. The Kier molecular flexibility index (Phi) is 6.22. The summed E-state index contributed by atoms with van der Waals surface area (Å²) < 4.78 is 0. The second-order valence-electron chi connectivity index (χ2n) is 6.83. The number of rotatable bonds is 6. The van der Waals surface area contributed by atoms with Gasteiger partial charge in [0.25, 0.3) is 0 Å². The van der Waals surface area contributed by atoms with Gasteiger partial charge in [-0.05, 0) is 47.4 Å². The number of carbonyl (C=O) groups is 1. The maximum atomic E-state index is 12.3. The van der Waals surface area contributed by atoms with Crippen LogP contribution in [0.1, 0.15) is 24.1 Å². The van der Waals surface area contributed by atoms with Gasteiger partial charge in [0, 0.05) is 39.2 Å². The molecule has 0 spiro atoms. The molecule has 1 unspecified atom stereocenters. The third-order valence-corrected chi connectivity index (χ3v) is 4.47. The largest absolute Gasteiger partial charge is 0.363 e. The van der Waals surface area contributed by atoms with Crippen LogP contribution in [-0.4, -0.2) is 30.1 Å². The van der Waals surface area contributed by atoms with Crippen LogP contribution in [0.3, 0.4) is 0 Å². The zero-order chi connectivity index (χ0) is 19.9. The lowest BCUT2D eigenvalue weighted by Crippen LogP contribution is -2.36. The summed E-state index contributed by atoms with van der Waals surface area (Å²) in [6.45, 7) is 2.41. The summed E-state index contributed by atoms with van der Waals surface area (Å²) in [6.07, 6.45) is 5.34. The van der Waals surface area contributed by atoms with Crippen LogP contribution in [-0.2, 0) is 6.54 Å². The number of aromatic nitrogens is 2. The van der Waals surface area contributed by atoms with E-state index >= 15 is 0 Å². The Morgan fingerprint density at radius 1 is 1.07 bits per heavy atom. The van der Waals surface area contributed by atoms with Gasteiger partial charge in [0.05, 0.1) is 6.04 Å². The quantitative estimate of drug-likeness (QED) is 0.688. The predicted octanol–water partition coefficient (Wildman–Crippen LogP) is 3.77. The second-order valence-corrected chi connectivity index (χ2v) is 6.83. The van der Waals surface area contributed by atoms with Gasteiger partial charge < -0.3 is 15.5 Å². The minimum Gasteiger partial charge on any atom is -0.363 e. The van der Waals surface area contributed by atoms with E-state index in [1.165, 1.54) is 0 Å². The van der Waals surface area contributed by atoms with Crippen LogP contribution in [0.25, 0.3) is 11.1 Å². The minimum atomic E-state index is -0.202. The molecule has 0 aliphatic heterocycles. The van der Waals surface area contributed by atoms with E-state index in [9.17, 15) is 4.79 Å². The van der Waals surface area contributed by atoms with Gasteiger partial charge in [-0.1, -0.05) is 30.3 Å². The number of hydrogen-bond acceptors (Lipinski definition) is 4. The fraction of sp³-hybridized carbons (Fsp3) is 0.227. The summed E-state index contributed by atoms with van der Waals surface area (Å²) in [5, 5.41) is 5.87. The molecule has 0 aliphatic carbocycles. The SMILES string of the molecule is CC(NC(=O)NCc1ccnc(N(C)C)c1)c1ccc(-c2cccnc2)cc1. The second kappa shape index (κ2) is 8.99. The standard InChI is InChI=1S/C22H25N5O/c1-16(18-6-8-19(9-7-18)20-5-4-11-23-15-20)26-22(28)25-14-17-10-12-24-21(13-17)27(2)3/h4-13,15-16H,14H2,1-3H3,(H2,25,26,28). The summed E-state index contributed by atoms with van der Waals surface area (Å²) in [5.74, 6) is 0.863. The van der Waals surface area contributed by atoms with E-state index in [-0.39, 0.29) is 12.1 Å². The highest BCUT2D eigenvalue weighted by molar-refractivity contribution is 5.74. The Hall–Kier alpha value is -3.41. The number of urea groups is 1. The molecule has 0 bridgehead atoms. The molecule has 3 rings (SSSR count). The summed E-state index contributed by atoms with van der Waals surface area (Å²) >= 11 is 0. The van der Waals surface area contributed by atoms with E-state index in [1.54, 1.807) is 12.4 Å². The van der Waals surface area contributed by atoms with Crippen LogP contribution < -0.4 is 15.5 Å². The third kappa shape index (κ3) is 5.07. The van der Waals surface area contributed by atoms with Gasteiger partial charge in [-0.3, -0.25) is 4.98 Å². The molecular formula is C22H25N5O. The van der Waals surface area contributed by atoms with Crippen molar-refractivity contribution in [2.75, 3.05) is 19.0 Å². The Labute approximate surface area is 165 Å². The molecular weight excluding hydrogens is 350 g/mol. The lowest BCUT2D eigenvalue weighted by atomic mass is 10.0. The van der Waals surface area contributed by atoms with Crippen LogP contribution in [0.2, 0.25) is 0 Å². The normalized spacial score (nSPS) is 11.5. The Morgan fingerprint density at radius 3 is 2.54 bits per heavy atom. The number of nitrogens with zero attached hydrogens (tertiary/aromatic N) is 3. The molecule has 0 saturated carbocycles. The number of pyridine rings is 2. The first kappa shape index (κ1) is 19.4. The average Bonchev–Trinajstić information content (AvgIpc) is 2.73. The number of anilines is 1. The summed E-state index contributed by atoms with van der Waals surface area (Å²) in [5.41, 5.74) is 4.22. The van der Waals surface area contributed by atoms with Crippen LogP contribution >= 0.6 is 0 Å². The predicted molar refractivity (Wildman–Crippen MR) is 112 cm³/mol. The lowest BCUT2D eigenvalue weighted by Gasteiger charge is -2.16. The Morgan fingerprint density at radius 2 is 1.86 bits per heavy atom. The number of carbonyl (C=O) groups excluding carboxylic acids is 1. The van der Waals surface area contributed by atoms with Crippen molar-refractivity contribution in [2.24, 2.45) is 0 Å². The highest BCUT2D eigenvalue weighted by Crippen LogP contribution is 2.21. The van der Waals surface area contributed by atoms with E-state index in [4.69, 9.17) is 0 Å². The molecule has 0 aliphatic rings. The van der Waals surface area contributed by atoms with Crippen molar-refractivity contribution >= 4 is 11.8 Å². The number of hydrogen-bond donors (Lipinski definition) is 2. The van der Waals surface area contributed by atoms with E-state index in [0.29, 0.717) is 6.54 Å². The van der Waals surface area contributed by atoms with Gasteiger partial charge in [0.1, 0.15) is 5.82 Å². The molecule has 2 heterocycles. The van der Waals surface area contributed by atoms with Crippen molar-refractivity contribution in [2.45, 2.75) is 19.5 Å². The molecule has 28 heavy (non-hydrogen) atoms. The first-order valence-corrected chi connectivity index (χ1v) is 9.20. The highest BCUT2D eigenvalue weighted by atomic mass is 16.2. The Bertz CT molecular complexity index is 910. The number of amides is 2. The van der Waals surface area contributed by atoms with Crippen molar-refractivity contribution in [3.8, 4) is 11.1 Å². The van der Waals surface area contributed by atoms with Crippen molar-refractivity contribution in [1.29, 1.82) is 0 Å². The Balaban J connectivity index is 1.55. The summed E-state index contributed by atoms with van der Waals surface area (Å²) in [4.78, 5) is 22.6. The van der Waals surface area contributed by atoms with Crippen LogP contribution in [0, 0.1) is 0 Å². The van der Waals surface area contributed by atoms with Gasteiger partial charge in [0.15, 0.2) is 0 Å². The molecule has 2 N–H and O–H groups in total. The van der Waals surface area contributed by atoms with Gasteiger partial charge in [-0.15, -0.1) is 0 Å². The van der Waals surface area contributed by atoms with E-state index < -0.39 is 0 Å². The minimum absolute atomic E-state index is 0.0993. The smallest absolute Gasteiger partial charge is 0.315 e. The molecule has 6 nitrogen and oxygen atoms in total. The number of nitrogens with one attached hydrogen (secondary N) is 2. The molecule has 2 aromatic heterocycles. The topological polar surface area (TPSA) is 70.2 Å². The molecule has 3 aromatic rings. The first-order chi connectivity index (χ1) is 13.5. The van der Waals surface area contributed by atoms with Crippen molar-refractivity contribution in [3.05, 3.63) is 78.2 Å². The van der Waals surface area contributed by atoms with Crippen LogP contribution in [0.5, 0.6) is 0 Å². The van der Waals surface area contributed by atoms with Crippen LogP contribution in [0.4, 0.5) is 10.6 Å². The van der Waals surface area contributed by atoms with Gasteiger partial charge in [-0.25, -0.2) is 9.78 Å².